The molecule has 0 fully saturated rings. The van der Waals surface area contributed by atoms with Crippen molar-refractivity contribution < 1.29 is 13.2 Å². The molecule has 0 aliphatic heterocycles. The quantitative estimate of drug-likeness (QED) is 0.392. The minimum Gasteiger partial charge on any atom is -0.349 e. The number of carbonyl (C=O) groups excluding carboxylic acids is 1. The van der Waals surface area contributed by atoms with Crippen LogP contribution in [0.2, 0.25) is 5.02 Å². The number of hydrogen-bond acceptors (Lipinski definition) is 3. The zero-order chi connectivity index (χ0) is 23.0. The average molecular weight is 467 g/mol. The van der Waals surface area contributed by atoms with E-state index in [0.717, 1.165) is 16.7 Å². The molecule has 4 rings (SSSR count). The summed E-state index contributed by atoms with van der Waals surface area (Å²) in [4.78, 5) is 16.3. The number of halogens is 1. The van der Waals surface area contributed by atoms with Crippen molar-refractivity contribution in [2.24, 2.45) is 0 Å². The Morgan fingerprint density at radius 3 is 2.28 bits per heavy atom. The van der Waals surface area contributed by atoms with Gasteiger partial charge in [0.05, 0.1) is 10.9 Å². The third-order valence-corrected chi connectivity index (χ3v) is 7.41. The lowest BCUT2D eigenvalue weighted by Crippen LogP contribution is -2.28. The van der Waals surface area contributed by atoms with E-state index in [2.05, 4.69) is 10.3 Å². The summed E-state index contributed by atoms with van der Waals surface area (Å²) in [6.45, 7) is 5.53. The number of benzene rings is 3. The first-order valence-electron chi connectivity index (χ1n) is 10.2. The van der Waals surface area contributed by atoms with E-state index in [0.29, 0.717) is 15.9 Å². The molecule has 0 aliphatic rings. The van der Waals surface area contributed by atoms with Gasteiger partial charge in [0.2, 0.25) is 9.84 Å². The van der Waals surface area contributed by atoms with E-state index in [4.69, 9.17) is 11.6 Å². The highest BCUT2D eigenvalue weighted by Crippen LogP contribution is 2.34. The second-order valence-corrected chi connectivity index (χ2v) is 10.3. The Labute approximate surface area is 192 Å². The fourth-order valence-corrected chi connectivity index (χ4v) is 5.84. The van der Waals surface area contributed by atoms with E-state index >= 15 is 0 Å². The Bertz CT molecular complexity index is 1410. The van der Waals surface area contributed by atoms with Gasteiger partial charge in [-0.05, 0) is 67.8 Å². The normalized spacial score (nSPS) is 12.6. The highest BCUT2D eigenvalue weighted by Gasteiger charge is 2.30. The number of H-pyrrole nitrogens is 1. The van der Waals surface area contributed by atoms with E-state index < -0.39 is 15.7 Å². The summed E-state index contributed by atoms with van der Waals surface area (Å²) in [5.41, 5.74) is 3.08. The van der Waals surface area contributed by atoms with E-state index in [-0.39, 0.29) is 21.5 Å². The molecule has 0 saturated heterocycles. The molecule has 0 saturated carbocycles. The molecule has 7 heteroatoms. The van der Waals surface area contributed by atoms with E-state index in [1.54, 1.807) is 30.3 Å². The predicted octanol–water partition coefficient (Wildman–Crippen LogP) is 5.76. The van der Waals surface area contributed by atoms with Crippen molar-refractivity contribution in [3.05, 3.63) is 94.1 Å². The van der Waals surface area contributed by atoms with Crippen molar-refractivity contribution >= 4 is 38.2 Å². The first kappa shape index (κ1) is 22.1. The maximum atomic E-state index is 13.8. The van der Waals surface area contributed by atoms with Gasteiger partial charge in [-0.25, -0.2) is 8.42 Å². The predicted molar refractivity (Wildman–Crippen MR) is 127 cm³/mol. The number of carbonyl (C=O) groups is 1. The topological polar surface area (TPSA) is 79.0 Å². The van der Waals surface area contributed by atoms with Gasteiger partial charge in [0, 0.05) is 15.9 Å². The van der Waals surface area contributed by atoms with Crippen LogP contribution in [-0.2, 0) is 9.84 Å². The maximum Gasteiger partial charge on any atom is 0.269 e. The number of sulfone groups is 1. The number of amides is 1. The molecule has 0 radical (unpaired) electrons. The third kappa shape index (κ3) is 4.16. The third-order valence-electron chi connectivity index (χ3n) is 5.36. The highest BCUT2D eigenvalue weighted by atomic mass is 35.5. The molecule has 164 valence electrons. The van der Waals surface area contributed by atoms with Gasteiger partial charge >= 0.3 is 0 Å². The van der Waals surface area contributed by atoms with Gasteiger partial charge < -0.3 is 10.3 Å². The molecular formula is C25H23ClN2O3S. The molecule has 0 unspecified atom stereocenters. The Balaban J connectivity index is 1.87. The molecule has 1 aromatic heterocycles. The Morgan fingerprint density at radius 1 is 0.969 bits per heavy atom. The van der Waals surface area contributed by atoms with Crippen molar-refractivity contribution in [2.45, 2.75) is 36.6 Å². The van der Waals surface area contributed by atoms with Gasteiger partial charge in [-0.3, -0.25) is 4.79 Å². The number of hydrogen-bond donors (Lipinski definition) is 2. The van der Waals surface area contributed by atoms with Crippen molar-refractivity contribution in [1.29, 1.82) is 0 Å². The van der Waals surface area contributed by atoms with Gasteiger partial charge in [-0.2, -0.15) is 0 Å². The minimum absolute atomic E-state index is 0.00999. The summed E-state index contributed by atoms with van der Waals surface area (Å²) < 4.78 is 27.5. The summed E-state index contributed by atoms with van der Waals surface area (Å²) in [6.07, 6.45) is 0. The molecule has 0 spiro atoms. The van der Waals surface area contributed by atoms with Gasteiger partial charge in [0.25, 0.3) is 5.91 Å². The molecule has 3 aromatic carbocycles. The summed E-state index contributed by atoms with van der Waals surface area (Å²) in [5.74, 6) is -0.503. The van der Waals surface area contributed by atoms with Crippen LogP contribution >= 0.6 is 11.6 Å². The van der Waals surface area contributed by atoms with Crippen LogP contribution in [0.15, 0.2) is 76.5 Å². The van der Waals surface area contributed by atoms with Crippen molar-refractivity contribution in [2.75, 3.05) is 0 Å². The lowest BCUT2D eigenvalue weighted by Gasteiger charge is -2.15. The molecule has 5 nitrogen and oxygen atoms in total. The summed E-state index contributed by atoms with van der Waals surface area (Å²) >= 11 is 6.18. The number of nitrogens with one attached hydrogen (secondary N) is 2. The standard InChI is InChI=1S/C25H23ClN2O3S/c1-15-11-16(2)13-20(12-15)32(30,31)24-21-14-19(26)9-10-22(21)28-23(24)25(29)27-17(3)18-7-5-4-6-8-18/h4-14,17,28H,1-3H3,(H,27,29)/t17-/m0/s1. The lowest BCUT2D eigenvalue weighted by molar-refractivity contribution is 0.0932. The fraction of sp³-hybridized carbons (Fsp3) is 0.160. The Morgan fingerprint density at radius 2 is 1.62 bits per heavy atom. The van der Waals surface area contributed by atoms with Crippen LogP contribution in [0, 0.1) is 13.8 Å². The van der Waals surface area contributed by atoms with Gasteiger partial charge in [-0.1, -0.05) is 48.0 Å². The smallest absolute Gasteiger partial charge is 0.269 e. The number of aromatic nitrogens is 1. The zero-order valence-electron chi connectivity index (χ0n) is 17.9. The van der Waals surface area contributed by atoms with Crippen LogP contribution < -0.4 is 5.32 Å². The Kier molecular flexibility index (Phi) is 5.84. The van der Waals surface area contributed by atoms with Crippen molar-refractivity contribution in [3.63, 3.8) is 0 Å². The first-order valence-corrected chi connectivity index (χ1v) is 12.0. The number of aromatic amines is 1. The minimum atomic E-state index is -4.01. The molecule has 0 bridgehead atoms. The number of fused-ring (bicyclic) bond motifs is 1. The number of aryl methyl sites for hydroxylation is 2. The summed E-state index contributed by atoms with van der Waals surface area (Å²) in [5, 5.41) is 3.68. The highest BCUT2D eigenvalue weighted by molar-refractivity contribution is 7.91. The summed E-state index contributed by atoms with van der Waals surface area (Å²) in [7, 11) is -4.01. The summed E-state index contributed by atoms with van der Waals surface area (Å²) in [6, 6.07) is 19.2. The van der Waals surface area contributed by atoms with E-state index in [9.17, 15) is 13.2 Å². The SMILES string of the molecule is Cc1cc(C)cc(S(=O)(=O)c2c(C(=O)N[C@@H](C)c3ccccc3)[nH]c3ccc(Cl)cc23)c1. The van der Waals surface area contributed by atoms with Crippen LogP contribution in [0.3, 0.4) is 0 Å². The van der Waals surface area contributed by atoms with Crippen molar-refractivity contribution in [1.82, 2.24) is 10.3 Å². The molecule has 1 heterocycles. The second kappa shape index (κ2) is 8.45. The van der Waals surface area contributed by atoms with Gasteiger partial charge in [0.1, 0.15) is 10.6 Å². The van der Waals surface area contributed by atoms with E-state index in [1.807, 2.05) is 57.2 Å². The van der Waals surface area contributed by atoms with Gasteiger partial charge in [-0.15, -0.1) is 0 Å². The molecular weight excluding hydrogens is 444 g/mol. The maximum absolute atomic E-state index is 13.8. The molecule has 2 N–H and O–H groups in total. The molecule has 1 atom stereocenters. The largest absolute Gasteiger partial charge is 0.349 e. The molecule has 1 amide bonds. The average Bonchev–Trinajstić information content (AvgIpc) is 3.13. The van der Waals surface area contributed by atoms with Gasteiger partial charge in [0.15, 0.2) is 0 Å². The lowest BCUT2D eigenvalue weighted by atomic mass is 10.1. The molecule has 4 aromatic rings. The van der Waals surface area contributed by atoms with Crippen LogP contribution in [0.5, 0.6) is 0 Å². The monoisotopic (exact) mass is 466 g/mol. The van der Waals surface area contributed by atoms with E-state index in [1.165, 1.54) is 0 Å². The van der Waals surface area contributed by atoms with Crippen molar-refractivity contribution in [3.8, 4) is 0 Å². The van der Waals surface area contributed by atoms with Crippen LogP contribution in [0.25, 0.3) is 10.9 Å². The number of rotatable bonds is 5. The second-order valence-electron chi connectivity index (χ2n) is 7.95. The first-order chi connectivity index (χ1) is 15.2. The van der Waals surface area contributed by atoms with Crippen LogP contribution in [-0.4, -0.2) is 19.3 Å². The zero-order valence-corrected chi connectivity index (χ0v) is 19.5. The fourth-order valence-electron chi connectivity index (χ4n) is 3.88. The molecule has 32 heavy (non-hydrogen) atoms. The Hall–Kier alpha value is -3.09. The van der Waals surface area contributed by atoms with Crippen LogP contribution in [0.1, 0.15) is 40.1 Å². The molecule has 0 aliphatic carbocycles. The van der Waals surface area contributed by atoms with Crippen LogP contribution in [0.4, 0.5) is 0 Å².